The zero-order valence-corrected chi connectivity index (χ0v) is 16.7. The van der Waals surface area contributed by atoms with Crippen molar-refractivity contribution in [2.45, 2.75) is 44.3 Å². The van der Waals surface area contributed by atoms with E-state index < -0.39 is 0 Å². The number of hydrogen-bond acceptors (Lipinski definition) is 6. The Morgan fingerprint density at radius 3 is 2.93 bits per heavy atom. The van der Waals surface area contributed by atoms with Gasteiger partial charge in [-0.25, -0.2) is 9.97 Å². The Labute approximate surface area is 171 Å². The first-order valence-electron chi connectivity index (χ1n) is 10.8. The van der Waals surface area contributed by atoms with Crippen LogP contribution in [0.3, 0.4) is 0 Å². The second-order valence-electron chi connectivity index (χ2n) is 8.65. The van der Waals surface area contributed by atoms with E-state index in [9.17, 15) is 4.79 Å². The number of aromatic nitrogens is 4. The molecule has 3 saturated heterocycles. The van der Waals surface area contributed by atoms with Crippen molar-refractivity contribution < 1.29 is 4.79 Å². The van der Waals surface area contributed by atoms with Crippen molar-refractivity contribution in [3.63, 3.8) is 0 Å². The molecule has 5 rings (SSSR count). The molecule has 0 radical (unpaired) electrons. The maximum Gasteiger partial charge on any atom is 0.271 e. The van der Waals surface area contributed by atoms with Gasteiger partial charge in [-0.1, -0.05) is 6.42 Å². The van der Waals surface area contributed by atoms with E-state index in [4.69, 9.17) is 0 Å². The summed E-state index contributed by atoms with van der Waals surface area (Å²) in [6, 6.07) is 1.02. The zero-order valence-electron chi connectivity index (χ0n) is 16.7. The van der Waals surface area contributed by atoms with E-state index in [0.717, 1.165) is 37.9 Å². The van der Waals surface area contributed by atoms with Crippen molar-refractivity contribution in [2.24, 2.45) is 11.8 Å². The third-order valence-corrected chi connectivity index (χ3v) is 6.89. The van der Waals surface area contributed by atoms with Crippen LogP contribution in [0.25, 0.3) is 0 Å². The fourth-order valence-corrected chi connectivity index (χ4v) is 5.72. The van der Waals surface area contributed by atoms with Gasteiger partial charge in [-0.3, -0.25) is 19.6 Å². The van der Waals surface area contributed by atoms with E-state index in [-0.39, 0.29) is 5.91 Å². The van der Waals surface area contributed by atoms with E-state index >= 15 is 0 Å². The molecule has 29 heavy (non-hydrogen) atoms. The molecule has 0 saturated carbocycles. The molecule has 2 aromatic rings. The van der Waals surface area contributed by atoms with Crippen LogP contribution in [0.4, 0.5) is 0 Å². The molecule has 3 fully saturated rings. The summed E-state index contributed by atoms with van der Waals surface area (Å²) < 4.78 is 0. The Morgan fingerprint density at radius 1 is 1.17 bits per heavy atom. The number of aromatic amines is 1. The smallest absolute Gasteiger partial charge is 0.271 e. The van der Waals surface area contributed by atoms with Gasteiger partial charge in [-0.05, 0) is 37.6 Å². The molecule has 5 heterocycles. The number of nitrogens with zero attached hydrogens (tertiary/aromatic N) is 5. The first kappa shape index (κ1) is 18.7. The average Bonchev–Trinajstić information content (AvgIpc) is 3.27. The Balaban J connectivity index is 1.30. The standard InChI is InChI=1S/C21H29N7O/c29-21(17-10-22-4-5-23-17)26-11-19-16-9-15(18-3-1-2-8-28(18)19)12-27(13-16)14-20-24-6-7-25-20/h4-7,10,15-16,18-19H,1-3,8-9,11-14H2,(H,24,25)(H,26,29)/t15-,16+,18+,19+/m1/s1. The largest absolute Gasteiger partial charge is 0.349 e. The molecule has 2 aromatic heterocycles. The fourth-order valence-electron chi connectivity index (χ4n) is 5.72. The first-order valence-corrected chi connectivity index (χ1v) is 10.8. The van der Waals surface area contributed by atoms with Gasteiger partial charge in [0.1, 0.15) is 11.5 Å². The maximum absolute atomic E-state index is 12.5. The molecule has 2 bridgehead atoms. The highest BCUT2D eigenvalue weighted by atomic mass is 16.1. The molecule has 3 aliphatic rings. The summed E-state index contributed by atoms with van der Waals surface area (Å²) in [7, 11) is 0. The number of likely N-dealkylation sites (tertiary alicyclic amines) is 1. The van der Waals surface area contributed by atoms with Crippen molar-refractivity contribution in [3.8, 4) is 0 Å². The highest BCUT2D eigenvalue weighted by Crippen LogP contribution is 2.41. The lowest BCUT2D eigenvalue weighted by Crippen LogP contribution is -2.65. The van der Waals surface area contributed by atoms with Crippen molar-refractivity contribution in [1.29, 1.82) is 0 Å². The number of carbonyl (C=O) groups is 1. The summed E-state index contributed by atoms with van der Waals surface area (Å²) in [5, 5.41) is 3.15. The van der Waals surface area contributed by atoms with Crippen LogP contribution in [-0.4, -0.2) is 73.9 Å². The lowest BCUT2D eigenvalue weighted by molar-refractivity contribution is -0.0721. The molecule has 4 atom stereocenters. The summed E-state index contributed by atoms with van der Waals surface area (Å²) in [6.07, 6.45) is 13.5. The summed E-state index contributed by atoms with van der Waals surface area (Å²) in [5.74, 6) is 2.20. The van der Waals surface area contributed by atoms with E-state index in [2.05, 4.69) is 35.1 Å². The van der Waals surface area contributed by atoms with Crippen LogP contribution in [0.1, 0.15) is 42.0 Å². The topological polar surface area (TPSA) is 90.0 Å². The molecule has 0 aliphatic carbocycles. The van der Waals surface area contributed by atoms with Gasteiger partial charge in [0.15, 0.2) is 0 Å². The highest BCUT2D eigenvalue weighted by Gasteiger charge is 2.47. The van der Waals surface area contributed by atoms with Gasteiger partial charge >= 0.3 is 0 Å². The molecule has 8 heteroatoms. The average molecular weight is 396 g/mol. The van der Waals surface area contributed by atoms with E-state index in [0.29, 0.717) is 30.2 Å². The number of carbonyl (C=O) groups excluding carboxylic acids is 1. The first-order chi connectivity index (χ1) is 14.3. The van der Waals surface area contributed by atoms with E-state index in [1.807, 2.05) is 12.4 Å². The number of rotatable bonds is 5. The molecule has 0 unspecified atom stereocenters. The second-order valence-corrected chi connectivity index (χ2v) is 8.65. The van der Waals surface area contributed by atoms with Gasteiger partial charge in [-0.2, -0.15) is 0 Å². The van der Waals surface area contributed by atoms with Gasteiger partial charge in [-0.15, -0.1) is 0 Å². The van der Waals surface area contributed by atoms with Crippen LogP contribution in [0, 0.1) is 11.8 Å². The highest BCUT2D eigenvalue weighted by molar-refractivity contribution is 5.91. The van der Waals surface area contributed by atoms with Gasteiger partial charge in [0.25, 0.3) is 5.91 Å². The monoisotopic (exact) mass is 395 g/mol. The van der Waals surface area contributed by atoms with Gasteiger partial charge in [0, 0.05) is 56.5 Å². The van der Waals surface area contributed by atoms with Gasteiger partial charge in [0.2, 0.25) is 0 Å². The minimum atomic E-state index is -0.128. The van der Waals surface area contributed by atoms with Crippen LogP contribution < -0.4 is 5.32 Å². The number of nitrogens with one attached hydrogen (secondary N) is 2. The Morgan fingerprint density at radius 2 is 2.10 bits per heavy atom. The second kappa shape index (κ2) is 8.20. The number of fused-ring (bicyclic) bond motifs is 4. The van der Waals surface area contributed by atoms with Crippen molar-refractivity contribution in [2.75, 3.05) is 26.2 Å². The zero-order chi connectivity index (χ0) is 19.6. The number of hydrogen-bond donors (Lipinski definition) is 2. The van der Waals surface area contributed by atoms with Crippen molar-refractivity contribution in [1.82, 2.24) is 35.1 Å². The summed E-state index contributed by atoms with van der Waals surface area (Å²) in [4.78, 5) is 33.6. The molecule has 1 amide bonds. The maximum atomic E-state index is 12.5. The minimum Gasteiger partial charge on any atom is -0.349 e. The van der Waals surface area contributed by atoms with Crippen molar-refractivity contribution >= 4 is 5.91 Å². The summed E-state index contributed by atoms with van der Waals surface area (Å²) in [5.41, 5.74) is 0.388. The van der Waals surface area contributed by atoms with Gasteiger partial charge in [0.05, 0.1) is 12.7 Å². The van der Waals surface area contributed by atoms with Gasteiger partial charge < -0.3 is 10.3 Å². The molecule has 0 spiro atoms. The van der Waals surface area contributed by atoms with Crippen LogP contribution in [-0.2, 0) is 6.54 Å². The quantitative estimate of drug-likeness (QED) is 0.793. The molecule has 0 aromatic carbocycles. The summed E-state index contributed by atoms with van der Waals surface area (Å²) >= 11 is 0. The third-order valence-electron chi connectivity index (χ3n) is 6.89. The minimum absolute atomic E-state index is 0.128. The Hall–Kier alpha value is -2.32. The number of H-pyrrole nitrogens is 1. The van der Waals surface area contributed by atoms with Crippen LogP contribution >= 0.6 is 0 Å². The van der Waals surface area contributed by atoms with Crippen LogP contribution in [0.15, 0.2) is 31.0 Å². The van der Waals surface area contributed by atoms with Crippen LogP contribution in [0.5, 0.6) is 0 Å². The Bertz CT molecular complexity index is 812. The third kappa shape index (κ3) is 3.91. The molecule has 3 aliphatic heterocycles. The van der Waals surface area contributed by atoms with Crippen molar-refractivity contribution in [3.05, 3.63) is 42.5 Å². The normalized spacial score (nSPS) is 29.9. The lowest BCUT2D eigenvalue weighted by atomic mass is 9.72. The Kier molecular flexibility index (Phi) is 5.28. The molecule has 2 N–H and O–H groups in total. The van der Waals surface area contributed by atoms with E-state index in [1.165, 1.54) is 31.9 Å². The molecular weight excluding hydrogens is 366 g/mol. The predicted octanol–water partition coefficient (Wildman–Crippen LogP) is 1.30. The molecule has 154 valence electrons. The number of imidazole rings is 1. The summed E-state index contributed by atoms with van der Waals surface area (Å²) in [6.45, 7) is 4.92. The lowest BCUT2D eigenvalue weighted by Gasteiger charge is -2.56. The SMILES string of the molecule is O=C(NC[C@H]1[C@H]2C[C@H](CN(Cc3ncc[nH]3)C2)[C@@H]2CCCCN21)c1cnccn1. The number of piperidine rings is 3. The molecular formula is C21H29N7O. The number of amides is 1. The fraction of sp³-hybridized carbons (Fsp3) is 0.619. The molecule has 8 nitrogen and oxygen atoms in total. The van der Waals surface area contributed by atoms with Crippen LogP contribution in [0.2, 0.25) is 0 Å². The van der Waals surface area contributed by atoms with E-state index in [1.54, 1.807) is 12.4 Å². The predicted molar refractivity (Wildman–Crippen MR) is 108 cm³/mol.